The third-order valence-corrected chi connectivity index (χ3v) is 4.66. The fraction of sp³-hybridized carbons (Fsp3) is 0.190. The van der Waals surface area contributed by atoms with E-state index in [9.17, 15) is 5.11 Å². The Morgan fingerprint density at radius 3 is 2.33 bits per heavy atom. The van der Waals surface area contributed by atoms with E-state index in [1.807, 2.05) is 42.5 Å². The molecule has 2 heterocycles. The number of aromatic nitrogens is 1. The first-order chi connectivity index (χ1) is 11.8. The zero-order chi connectivity index (χ0) is 16.4. The van der Waals surface area contributed by atoms with Gasteiger partial charge in [0.1, 0.15) is 11.9 Å². The average molecular weight is 316 g/mol. The van der Waals surface area contributed by atoms with E-state index in [0.29, 0.717) is 0 Å². The molecular weight excluding hydrogens is 296 g/mol. The molecule has 2 aromatic carbocycles. The standard InChI is InChI=1S/C21H20N2O/c24-21(17-7-2-1-3-8-17)18-10-11-20(22-14-18)23-13-12-16-6-4-5-9-19(16)15-23/h1-11,14,21,24H,12-13,15H2/t21-/m0/s1. The predicted octanol–water partition coefficient (Wildman–Crippen LogP) is 3.73. The Labute approximate surface area is 142 Å². The van der Waals surface area contributed by atoms with Gasteiger partial charge in [0.05, 0.1) is 0 Å². The van der Waals surface area contributed by atoms with E-state index in [1.54, 1.807) is 6.20 Å². The highest BCUT2D eigenvalue weighted by atomic mass is 16.3. The van der Waals surface area contributed by atoms with Gasteiger partial charge in [-0.05, 0) is 29.2 Å². The monoisotopic (exact) mass is 316 g/mol. The zero-order valence-corrected chi connectivity index (χ0v) is 13.5. The van der Waals surface area contributed by atoms with Crippen molar-refractivity contribution in [2.45, 2.75) is 19.1 Å². The molecule has 0 bridgehead atoms. The smallest absolute Gasteiger partial charge is 0.128 e. The molecule has 0 unspecified atom stereocenters. The number of aliphatic hydroxyl groups is 1. The number of hydrogen-bond donors (Lipinski definition) is 1. The van der Waals surface area contributed by atoms with Crippen molar-refractivity contribution < 1.29 is 5.11 Å². The maximum atomic E-state index is 10.5. The minimum absolute atomic E-state index is 0.630. The van der Waals surface area contributed by atoms with Crippen LogP contribution in [0.25, 0.3) is 0 Å². The highest BCUT2D eigenvalue weighted by molar-refractivity contribution is 5.45. The number of hydrogen-bond acceptors (Lipinski definition) is 3. The van der Waals surface area contributed by atoms with Gasteiger partial charge >= 0.3 is 0 Å². The quantitative estimate of drug-likeness (QED) is 0.800. The molecule has 0 saturated heterocycles. The summed E-state index contributed by atoms with van der Waals surface area (Å²) in [7, 11) is 0. The van der Waals surface area contributed by atoms with Crippen LogP contribution in [0, 0.1) is 0 Å². The van der Waals surface area contributed by atoms with Crippen molar-refractivity contribution in [2.75, 3.05) is 11.4 Å². The second kappa shape index (κ2) is 6.46. The Hall–Kier alpha value is -2.65. The van der Waals surface area contributed by atoms with Crippen molar-refractivity contribution in [3.63, 3.8) is 0 Å². The number of anilines is 1. The van der Waals surface area contributed by atoms with Gasteiger partial charge in [0.2, 0.25) is 0 Å². The summed E-state index contributed by atoms with van der Waals surface area (Å²) in [5.74, 6) is 0.966. The number of nitrogens with zero attached hydrogens (tertiary/aromatic N) is 2. The fourth-order valence-corrected chi connectivity index (χ4v) is 3.27. The third-order valence-electron chi connectivity index (χ3n) is 4.66. The minimum Gasteiger partial charge on any atom is -0.384 e. The number of benzene rings is 2. The summed E-state index contributed by atoms with van der Waals surface area (Å²) in [4.78, 5) is 6.88. The van der Waals surface area contributed by atoms with Crippen LogP contribution in [-0.2, 0) is 13.0 Å². The van der Waals surface area contributed by atoms with Crippen LogP contribution in [0.15, 0.2) is 72.9 Å². The van der Waals surface area contributed by atoms with Crippen LogP contribution in [-0.4, -0.2) is 16.6 Å². The average Bonchev–Trinajstić information content (AvgIpc) is 2.68. The summed E-state index contributed by atoms with van der Waals surface area (Å²) in [6.45, 7) is 1.87. The van der Waals surface area contributed by atoms with E-state index < -0.39 is 6.10 Å². The largest absolute Gasteiger partial charge is 0.384 e. The van der Waals surface area contributed by atoms with Crippen LogP contribution in [0.2, 0.25) is 0 Å². The molecule has 1 N–H and O–H groups in total. The van der Waals surface area contributed by atoms with E-state index in [-0.39, 0.29) is 0 Å². The summed E-state index contributed by atoms with van der Waals surface area (Å²) >= 11 is 0. The molecule has 1 aliphatic heterocycles. The van der Waals surface area contributed by atoms with Crippen LogP contribution in [0.5, 0.6) is 0 Å². The molecule has 0 fully saturated rings. The predicted molar refractivity (Wildman–Crippen MR) is 95.9 cm³/mol. The molecule has 4 rings (SSSR count). The topological polar surface area (TPSA) is 36.4 Å². The van der Waals surface area contributed by atoms with Crippen molar-refractivity contribution in [1.82, 2.24) is 4.98 Å². The first-order valence-electron chi connectivity index (χ1n) is 8.32. The van der Waals surface area contributed by atoms with Crippen molar-refractivity contribution in [1.29, 1.82) is 0 Å². The van der Waals surface area contributed by atoms with Crippen molar-refractivity contribution in [2.24, 2.45) is 0 Å². The Kier molecular flexibility index (Phi) is 4.01. The molecule has 0 amide bonds. The summed E-state index contributed by atoms with van der Waals surface area (Å²) in [6.07, 6.45) is 2.20. The molecule has 3 nitrogen and oxygen atoms in total. The number of fused-ring (bicyclic) bond motifs is 1. The minimum atomic E-state index is -0.630. The summed E-state index contributed by atoms with van der Waals surface area (Å²) in [5, 5.41) is 10.5. The van der Waals surface area contributed by atoms with Crippen LogP contribution >= 0.6 is 0 Å². The zero-order valence-electron chi connectivity index (χ0n) is 13.5. The highest BCUT2D eigenvalue weighted by Crippen LogP contribution is 2.25. The molecule has 0 aliphatic carbocycles. The molecule has 24 heavy (non-hydrogen) atoms. The highest BCUT2D eigenvalue weighted by Gasteiger charge is 2.17. The molecule has 1 aliphatic rings. The van der Waals surface area contributed by atoms with Crippen LogP contribution < -0.4 is 4.90 Å². The van der Waals surface area contributed by atoms with Gasteiger partial charge < -0.3 is 10.0 Å². The number of rotatable bonds is 3. The van der Waals surface area contributed by atoms with E-state index in [0.717, 1.165) is 36.5 Å². The lowest BCUT2D eigenvalue weighted by atomic mass is 10.00. The normalized spacial score (nSPS) is 15.0. The van der Waals surface area contributed by atoms with Gasteiger partial charge in [-0.25, -0.2) is 4.98 Å². The Morgan fingerprint density at radius 1 is 0.833 bits per heavy atom. The van der Waals surface area contributed by atoms with Crippen molar-refractivity contribution in [3.05, 3.63) is 95.2 Å². The summed E-state index contributed by atoms with van der Waals surface area (Å²) in [6, 6.07) is 22.3. The Bertz CT molecular complexity index is 815. The van der Waals surface area contributed by atoms with Gasteiger partial charge in [0.25, 0.3) is 0 Å². The maximum absolute atomic E-state index is 10.5. The Morgan fingerprint density at radius 2 is 1.58 bits per heavy atom. The molecule has 120 valence electrons. The van der Waals surface area contributed by atoms with Gasteiger partial charge in [-0.2, -0.15) is 0 Å². The second-order valence-corrected chi connectivity index (χ2v) is 6.20. The van der Waals surface area contributed by atoms with E-state index >= 15 is 0 Å². The van der Waals surface area contributed by atoms with Gasteiger partial charge in [0.15, 0.2) is 0 Å². The van der Waals surface area contributed by atoms with Crippen LogP contribution in [0.1, 0.15) is 28.4 Å². The Balaban J connectivity index is 1.52. The van der Waals surface area contributed by atoms with E-state index in [4.69, 9.17) is 0 Å². The second-order valence-electron chi connectivity index (χ2n) is 6.20. The van der Waals surface area contributed by atoms with E-state index in [1.165, 1.54) is 11.1 Å². The number of pyridine rings is 1. The first kappa shape index (κ1) is 14.9. The maximum Gasteiger partial charge on any atom is 0.128 e. The van der Waals surface area contributed by atoms with Crippen LogP contribution in [0.4, 0.5) is 5.82 Å². The lowest BCUT2D eigenvalue weighted by Gasteiger charge is -2.30. The van der Waals surface area contributed by atoms with Crippen LogP contribution in [0.3, 0.4) is 0 Å². The lowest BCUT2D eigenvalue weighted by Crippen LogP contribution is -2.30. The van der Waals surface area contributed by atoms with E-state index in [2.05, 4.69) is 34.1 Å². The van der Waals surface area contributed by atoms with Gasteiger partial charge in [0, 0.05) is 24.8 Å². The van der Waals surface area contributed by atoms with Gasteiger partial charge in [-0.3, -0.25) is 0 Å². The number of aliphatic hydroxyl groups excluding tert-OH is 1. The molecular formula is C21H20N2O. The molecule has 1 atom stereocenters. The lowest BCUT2D eigenvalue weighted by molar-refractivity contribution is 0.220. The fourth-order valence-electron chi connectivity index (χ4n) is 3.27. The van der Waals surface area contributed by atoms with Gasteiger partial charge in [-0.15, -0.1) is 0 Å². The van der Waals surface area contributed by atoms with Crippen molar-refractivity contribution in [3.8, 4) is 0 Å². The molecule has 1 aromatic heterocycles. The molecule has 3 heteroatoms. The third kappa shape index (κ3) is 2.91. The van der Waals surface area contributed by atoms with Gasteiger partial charge in [-0.1, -0.05) is 60.7 Å². The molecule has 0 saturated carbocycles. The SMILES string of the molecule is O[C@@H](c1ccccc1)c1ccc(N2CCc3ccccc3C2)nc1. The molecule has 3 aromatic rings. The first-order valence-corrected chi connectivity index (χ1v) is 8.32. The molecule has 0 spiro atoms. The van der Waals surface area contributed by atoms with Crippen molar-refractivity contribution >= 4 is 5.82 Å². The summed E-state index contributed by atoms with van der Waals surface area (Å²) < 4.78 is 0. The molecule has 0 radical (unpaired) electrons. The summed E-state index contributed by atoms with van der Waals surface area (Å²) in [5.41, 5.74) is 4.52.